The molecule has 2 aliphatic heterocycles. The van der Waals surface area contributed by atoms with Crippen molar-refractivity contribution >= 4 is 16.8 Å². The fraction of sp³-hybridized carbons (Fsp3) is 0.909. The smallest absolute Gasteiger partial charge is 0.224 e. The molecule has 3 nitrogen and oxygen atoms in total. The number of rotatable bonds is 2. The van der Waals surface area contributed by atoms with E-state index in [0.717, 1.165) is 25.9 Å². The third-order valence-corrected chi connectivity index (χ3v) is 3.83. The Morgan fingerprint density at radius 3 is 2.00 bits per heavy atom. The minimum absolute atomic E-state index is 0.104. The SMILES string of the molecule is O=C(Cl)C1CCN(N2CCCCC2)CC1. The van der Waals surface area contributed by atoms with Crippen LogP contribution in [0.2, 0.25) is 0 Å². The molecule has 0 atom stereocenters. The van der Waals surface area contributed by atoms with E-state index in [9.17, 15) is 4.79 Å². The van der Waals surface area contributed by atoms with E-state index < -0.39 is 0 Å². The normalized spacial score (nSPS) is 26.7. The highest BCUT2D eigenvalue weighted by molar-refractivity contribution is 6.63. The van der Waals surface area contributed by atoms with E-state index in [1.54, 1.807) is 0 Å². The maximum absolute atomic E-state index is 11.0. The molecular formula is C11H19ClN2O. The molecule has 15 heavy (non-hydrogen) atoms. The van der Waals surface area contributed by atoms with E-state index in [-0.39, 0.29) is 11.2 Å². The molecule has 0 bridgehead atoms. The van der Waals surface area contributed by atoms with Gasteiger partial charge in [-0.15, -0.1) is 0 Å². The molecule has 0 aromatic rings. The first-order valence-electron chi connectivity index (χ1n) is 5.96. The van der Waals surface area contributed by atoms with Crippen molar-refractivity contribution in [2.75, 3.05) is 26.2 Å². The maximum atomic E-state index is 11.0. The highest BCUT2D eigenvalue weighted by atomic mass is 35.5. The topological polar surface area (TPSA) is 23.6 Å². The van der Waals surface area contributed by atoms with Gasteiger partial charge in [-0.2, -0.15) is 0 Å². The molecule has 0 aliphatic carbocycles. The van der Waals surface area contributed by atoms with Crippen LogP contribution in [0.3, 0.4) is 0 Å². The number of hydrazine groups is 1. The van der Waals surface area contributed by atoms with Crippen LogP contribution in [0.25, 0.3) is 0 Å². The van der Waals surface area contributed by atoms with Crippen LogP contribution in [0.4, 0.5) is 0 Å². The lowest BCUT2D eigenvalue weighted by Crippen LogP contribution is -2.49. The van der Waals surface area contributed by atoms with Crippen molar-refractivity contribution in [2.24, 2.45) is 5.92 Å². The van der Waals surface area contributed by atoms with Crippen LogP contribution in [0.15, 0.2) is 0 Å². The molecule has 0 saturated carbocycles. The summed E-state index contributed by atoms with van der Waals surface area (Å²) in [7, 11) is 0. The fourth-order valence-corrected chi connectivity index (χ4v) is 2.75. The summed E-state index contributed by atoms with van der Waals surface area (Å²) in [6.45, 7) is 4.39. The largest absolute Gasteiger partial charge is 0.281 e. The van der Waals surface area contributed by atoms with Crippen molar-refractivity contribution in [3.05, 3.63) is 0 Å². The van der Waals surface area contributed by atoms with Crippen molar-refractivity contribution in [1.82, 2.24) is 10.0 Å². The van der Waals surface area contributed by atoms with E-state index in [4.69, 9.17) is 11.6 Å². The Bertz CT molecular complexity index is 221. The lowest BCUT2D eigenvalue weighted by atomic mass is 9.99. The standard InChI is InChI=1S/C11H19ClN2O/c12-11(15)10-4-8-14(9-5-10)13-6-2-1-3-7-13/h10H,1-9H2. The Labute approximate surface area is 96.3 Å². The Morgan fingerprint density at radius 2 is 1.47 bits per heavy atom. The van der Waals surface area contributed by atoms with Crippen molar-refractivity contribution in [1.29, 1.82) is 0 Å². The average molecular weight is 231 g/mol. The zero-order chi connectivity index (χ0) is 10.7. The van der Waals surface area contributed by atoms with Crippen LogP contribution in [-0.2, 0) is 4.79 Å². The van der Waals surface area contributed by atoms with Gasteiger partial charge in [-0.1, -0.05) is 6.42 Å². The van der Waals surface area contributed by atoms with E-state index in [2.05, 4.69) is 10.0 Å². The van der Waals surface area contributed by atoms with Gasteiger partial charge in [-0.3, -0.25) is 4.79 Å². The molecule has 2 aliphatic rings. The van der Waals surface area contributed by atoms with Crippen LogP contribution < -0.4 is 0 Å². The molecule has 0 N–H and O–H groups in total. The van der Waals surface area contributed by atoms with Gasteiger partial charge in [0.25, 0.3) is 0 Å². The molecule has 2 fully saturated rings. The molecule has 2 saturated heterocycles. The van der Waals surface area contributed by atoms with E-state index in [0.29, 0.717) is 0 Å². The Hall–Kier alpha value is -0.120. The number of hydrogen-bond acceptors (Lipinski definition) is 3. The minimum Gasteiger partial charge on any atom is -0.281 e. The van der Waals surface area contributed by atoms with E-state index in [1.807, 2.05) is 0 Å². The number of piperidine rings is 2. The first kappa shape index (κ1) is 11.4. The van der Waals surface area contributed by atoms with Gasteiger partial charge in [0.1, 0.15) is 0 Å². The van der Waals surface area contributed by atoms with Crippen molar-refractivity contribution < 1.29 is 4.79 Å². The van der Waals surface area contributed by atoms with Gasteiger partial charge >= 0.3 is 0 Å². The second-order valence-corrected chi connectivity index (χ2v) is 4.92. The summed E-state index contributed by atoms with van der Waals surface area (Å²) < 4.78 is 0. The van der Waals surface area contributed by atoms with Crippen molar-refractivity contribution in [3.8, 4) is 0 Å². The Kier molecular flexibility index (Phi) is 4.00. The number of hydrogen-bond donors (Lipinski definition) is 0. The van der Waals surface area contributed by atoms with Crippen LogP contribution in [0.5, 0.6) is 0 Å². The summed E-state index contributed by atoms with van der Waals surface area (Å²) in [6, 6.07) is 0. The fourth-order valence-electron chi connectivity index (χ4n) is 2.54. The van der Waals surface area contributed by atoms with Crippen LogP contribution in [0.1, 0.15) is 32.1 Å². The van der Waals surface area contributed by atoms with Crippen LogP contribution >= 0.6 is 11.6 Å². The Balaban J connectivity index is 1.79. The first-order valence-corrected chi connectivity index (χ1v) is 6.34. The number of carbonyl (C=O) groups is 1. The zero-order valence-corrected chi connectivity index (χ0v) is 9.88. The third-order valence-electron chi connectivity index (χ3n) is 3.52. The highest BCUT2D eigenvalue weighted by Crippen LogP contribution is 2.22. The predicted molar refractivity (Wildman–Crippen MR) is 60.6 cm³/mol. The molecule has 2 heterocycles. The third kappa shape index (κ3) is 2.92. The lowest BCUT2D eigenvalue weighted by molar-refractivity contribution is -0.119. The van der Waals surface area contributed by atoms with Gasteiger partial charge in [0.15, 0.2) is 0 Å². The predicted octanol–water partition coefficient (Wildman–Crippen LogP) is 1.86. The van der Waals surface area contributed by atoms with Crippen LogP contribution in [0, 0.1) is 5.92 Å². The summed E-state index contributed by atoms with van der Waals surface area (Å²) in [5.41, 5.74) is 0. The average Bonchev–Trinajstić information content (AvgIpc) is 2.30. The van der Waals surface area contributed by atoms with Crippen molar-refractivity contribution in [2.45, 2.75) is 32.1 Å². The molecule has 0 spiro atoms. The molecule has 86 valence electrons. The van der Waals surface area contributed by atoms with E-state index >= 15 is 0 Å². The monoisotopic (exact) mass is 230 g/mol. The van der Waals surface area contributed by atoms with Crippen LogP contribution in [-0.4, -0.2) is 41.4 Å². The lowest BCUT2D eigenvalue weighted by Gasteiger charge is -2.41. The molecule has 4 heteroatoms. The highest BCUT2D eigenvalue weighted by Gasteiger charge is 2.27. The van der Waals surface area contributed by atoms with E-state index in [1.165, 1.54) is 32.4 Å². The summed E-state index contributed by atoms with van der Waals surface area (Å²) in [5.74, 6) is 0.104. The zero-order valence-electron chi connectivity index (χ0n) is 9.12. The van der Waals surface area contributed by atoms with Gasteiger partial charge in [0.05, 0.1) is 0 Å². The molecule has 0 aromatic heterocycles. The van der Waals surface area contributed by atoms with Gasteiger partial charge in [-0.05, 0) is 37.3 Å². The van der Waals surface area contributed by atoms with Crippen molar-refractivity contribution in [3.63, 3.8) is 0 Å². The molecule has 0 aromatic carbocycles. The summed E-state index contributed by atoms with van der Waals surface area (Å²) >= 11 is 5.52. The molecular weight excluding hydrogens is 212 g/mol. The number of nitrogens with zero attached hydrogens (tertiary/aromatic N) is 2. The first-order chi connectivity index (χ1) is 7.27. The molecule has 0 unspecified atom stereocenters. The number of halogens is 1. The minimum atomic E-state index is -0.145. The molecule has 2 rings (SSSR count). The molecule has 0 radical (unpaired) electrons. The quantitative estimate of drug-likeness (QED) is 0.677. The van der Waals surface area contributed by atoms with Gasteiger partial charge in [0, 0.05) is 32.1 Å². The summed E-state index contributed by atoms with van der Waals surface area (Å²) in [6.07, 6.45) is 5.85. The van der Waals surface area contributed by atoms with Gasteiger partial charge in [-0.25, -0.2) is 10.0 Å². The number of carbonyl (C=O) groups excluding carboxylic acids is 1. The molecule has 0 amide bonds. The summed E-state index contributed by atoms with van der Waals surface area (Å²) in [5, 5.41) is 4.72. The van der Waals surface area contributed by atoms with Gasteiger partial charge in [0.2, 0.25) is 5.24 Å². The second-order valence-electron chi connectivity index (χ2n) is 4.55. The van der Waals surface area contributed by atoms with Gasteiger partial charge < -0.3 is 0 Å². The maximum Gasteiger partial charge on any atom is 0.224 e. The second kappa shape index (κ2) is 5.28. The Morgan fingerprint density at radius 1 is 0.933 bits per heavy atom. The summed E-state index contributed by atoms with van der Waals surface area (Å²) in [4.78, 5) is 11.0.